The first-order valence-electron chi connectivity index (χ1n) is 18.4. The number of esters is 2. The summed E-state index contributed by atoms with van der Waals surface area (Å²) in [5, 5.41) is 6.03. The molecule has 5 rings (SSSR count). The summed E-state index contributed by atoms with van der Waals surface area (Å²) in [6.07, 6.45) is -1.74. The van der Waals surface area contributed by atoms with Gasteiger partial charge in [0.15, 0.2) is 23.6 Å². The molecule has 0 spiro atoms. The van der Waals surface area contributed by atoms with Crippen molar-refractivity contribution in [3.8, 4) is 23.0 Å². The molecule has 0 amide bonds. The fraction of sp³-hybridized carbons (Fsp3) is 0.286. The van der Waals surface area contributed by atoms with Crippen LogP contribution in [0.2, 0.25) is 5.02 Å². The number of aryl methyl sites for hydroxylation is 2. The van der Waals surface area contributed by atoms with E-state index in [4.69, 9.17) is 53.6 Å². The predicted octanol–water partition coefficient (Wildman–Crippen LogP) is 10.3. The van der Waals surface area contributed by atoms with Crippen molar-refractivity contribution < 1.29 is 65.6 Å². The van der Waals surface area contributed by atoms with Gasteiger partial charge in [0.25, 0.3) is 0 Å². The van der Waals surface area contributed by atoms with Crippen molar-refractivity contribution in [1.82, 2.24) is 0 Å². The van der Waals surface area contributed by atoms with Gasteiger partial charge in [0, 0.05) is 17.8 Å². The van der Waals surface area contributed by atoms with E-state index in [1.165, 1.54) is 24.3 Å². The standard InChI is InChI=1S/C24H25NO7.C18H19ClFNO6/c1-4-28-23(26)22(21-15-20(16(3)30-21)32-24(27)29-5-2)25-17-11-13-19(14-12-17)31-18-9-7-6-8-10-18;1-4-24-17(22)16(21-13-7-6-11(20)8-12(13)19)15-9-14(10(3)26-15)27-18(23)25-5-2/h6-15,22,25H,4-5H2,1-3H3;6-9,16,21H,4-5H2,1-3H3. The van der Waals surface area contributed by atoms with Crippen LogP contribution in [0.15, 0.2) is 93.8 Å². The highest BCUT2D eigenvalue weighted by Gasteiger charge is 2.30. The Morgan fingerprint density at radius 2 is 1.10 bits per heavy atom. The lowest BCUT2D eigenvalue weighted by molar-refractivity contribution is -0.145. The number of rotatable bonds is 16. The van der Waals surface area contributed by atoms with Crippen LogP contribution in [-0.2, 0) is 28.5 Å². The van der Waals surface area contributed by atoms with Gasteiger partial charge in [0.05, 0.1) is 37.1 Å². The monoisotopic (exact) mass is 838 g/mol. The molecule has 0 saturated carbocycles. The smallest absolute Gasteiger partial charge is 0.464 e. The molecule has 5 aromatic rings. The third-order valence-corrected chi connectivity index (χ3v) is 8.00. The van der Waals surface area contributed by atoms with Crippen LogP contribution >= 0.6 is 11.6 Å². The van der Waals surface area contributed by atoms with Crippen molar-refractivity contribution in [2.24, 2.45) is 0 Å². The van der Waals surface area contributed by atoms with Crippen LogP contribution in [-0.4, -0.2) is 50.7 Å². The van der Waals surface area contributed by atoms with Gasteiger partial charge in [-0.05, 0) is 96.1 Å². The number of carbonyl (C=O) groups is 4. The average molecular weight is 839 g/mol. The van der Waals surface area contributed by atoms with Crippen LogP contribution in [0.5, 0.6) is 23.0 Å². The summed E-state index contributed by atoms with van der Waals surface area (Å²) in [4.78, 5) is 48.1. The Hall–Kier alpha value is -6.68. The zero-order chi connectivity index (χ0) is 42.9. The summed E-state index contributed by atoms with van der Waals surface area (Å²) in [5.74, 6) is 0.905. The number of halogens is 2. The minimum absolute atomic E-state index is 0.0792. The first kappa shape index (κ1) is 45.0. The molecule has 3 aromatic carbocycles. The second-order valence-corrected chi connectivity index (χ2v) is 12.3. The Labute approximate surface area is 344 Å². The first-order chi connectivity index (χ1) is 28.3. The zero-order valence-electron chi connectivity index (χ0n) is 33.1. The Morgan fingerprint density at radius 1 is 0.627 bits per heavy atom. The molecule has 0 bridgehead atoms. The molecule has 2 unspecified atom stereocenters. The molecule has 2 heterocycles. The number of hydrogen-bond acceptors (Lipinski definition) is 15. The maximum absolute atomic E-state index is 13.2. The SMILES string of the molecule is CCOC(=O)Oc1cc(C(Nc2ccc(F)cc2Cl)C(=O)OCC)oc1C.CCOC(=O)Oc1cc(C(Nc2ccc(Oc3ccccc3)cc2)C(=O)OCC)oc1C. The summed E-state index contributed by atoms with van der Waals surface area (Å²) >= 11 is 6.01. The highest BCUT2D eigenvalue weighted by Crippen LogP contribution is 2.34. The Balaban J connectivity index is 0.000000265. The molecule has 2 atom stereocenters. The molecule has 2 N–H and O–H groups in total. The van der Waals surface area contributed by atoms with E-state index in [1.54, 1.807) is 65.8 Å². The van der Waals surface area contributed by atoms with Crippen LogP contribution < -0.4 is 24.8 Å². The molecule has 0 fully saturated rings. The number of anilines is 2. The molecular weight excluding hydrogens is 795 g/mol. The first-order valence-corrected chi connectivity index (χ1v) is 18.8. The Morgan fingerprint density at radius 3 is 1.58 bits per heavy atom. The largest absolute Gasteiger partial charge is 0.513 e. The van der Waals surface area contributed by atoms with Gasteiger partial charge in [-0.1, -0.05) is 29.8 Å². The number of ether oxygens (including phenoxy) is 7. The highest BCUT2D eigenvalue weighted by atomic mass is 35.5. The summed E-state index contributed by atoms with van der Waals surface area (Å²) < 4.78 is 60.2. The molecule has 17 heteroatoms. The third kappa shape index (κ3) is 13.5. The summed E-state index contributed by atoms with van der Waals surface area (Å²) in [6.45, 7) is 10.5. The van der Waals surface area contributed by atoms with Gasteiger partial charge in [-0.25, -0.2) is 23.6 Å². The van der Waals surface area contributed by atoms with Crippen molar-refractivity contribution in [3.05, 3.63) is 119 Å². The molecule has 0 saturated heterocycles. The maximum atomic E-state index is 13.2. The van der Waals surface area contributed by atoms with E-state index in [1.807, 2.05) is 30.3 Å². The van der Waals surface area contributed by atoms with E-state index in [0.29, 0.717) is 22.9 Å². The molecule has 15 nitrogen and oxygen atoms in total. The van der Waals surface area contributed by atoms with Crippen molar-refractivity contribution in [2.75, 3.05) is 37.1 Å². The molecule has 0 aliphatic heterocycles. The average Bonchev–Trinajstić information content (AvgIpc) is 3.74. The lowest BCUT2D eigenvalue weighted by Crippen LogP contribution is -2.23. The van der Waals surface area contributed by atoms with Crippen molar-refractivity contribution in [2.45, 2.75) is 53.6 Å². The fourth-order valence-corrected chi connectivity index (χ4v) is 5.27. The van der Waals surface area contributed by atoms with Gasteiger partial charge in [-0.15, -0.1) is 0 Å². The van der Waals surface area contributed by atoms with E-state index in [0.717, 1.165) is 11.8 Å². The number of carbonyl (C=O) groups excluding carboxylic acids is 4. The maximum Gasteiger partial charge on any atom is 0.513 e. The topological polar surface area (TPSA) is 183 Å². The van der Waals surface area contributed by atoms with Crippen molar-refractivity contribution >= 4 is 47.2 Å². The Kier molecular flexibility index (Phi) is 17.0. The lowest BCUT2D eigenvalue weighted by Gasteiger charge is -2.17. The summed E-state index contributed by atoms with van der Waals surface area (Å²) in [7, 11) is 0. The Bertz CT molecular complexity index is 2160. The minimum Gasteiger partial charge on any atom is -0.464 e. The summed E-state index contributed by atoms with van der Waals surface area (Å²) in [6, 6.07) is 21.0. The van der Waals surface area contributed by atoms with E-state index in [9.17, 15) is 23.6 Å². The second kappa shape index (κ2) is 22.3. The number of benzene rings is 3. The molecule has 59 heavy (non-hydrogen) atoms. The predicted molar refractivity (Wildman–Crippen MR) is 213 cm³/mol. The summed E-state index contributed by atoms with van der Waals surface area (Å²) in [5.41, 5.74) is 0.948. The van der Waals surface area contributed by atoms with Crippen molar-refractivity contribution in [3.63, 3.8) is 0 Å². The van der Waals surface area contributed by atoms with Gasteiger partial charge < -0.3 is 52.6 Å². The van der Waals surface area contributed by atoms with Crippen molar-refractivity contribution in [1.29, 1.82) is 0 Å². The van der Waals surface area contributed by atoms with E-state index >= 15 is 0 Å². The molecule has 0 radical (unpaired) electrons. The van der Waals surface area contributed by atoms with Gasteiger partial charge in [0.1, 0.15) is 40.4 Å². The zero-order valence-corrected chi connectivity index (χ0v) is 33.9. The van der Waals surface area contributed by atoms with Gasteiger partial charge in [0.2, 0.25) is 0 Å². The van der Waals surface area contributed by atoms with Gasteiger partial charge in [-0.2, -0.15) is 0 Å². The normalized spacial score (nSPS) is 11.5. The number of nitrogens with one attached hydrogen (secondary N) is 2. The van der Waals surface area contributed by atoms with Gasteiger partial charge >= 0.3 is 24.2 Å². The second-order valence-electron chi connectivity index (χ2n) is 11.9. The van der Waals surface area contributed by atoms with E-state index in [-0.39, 0.29) is 60.2 Å². The fourth-order valence-electron chi connectivity index (χ4n) is 5.05. The quantitative estimate of drug-likeness (QED) is 0.0706. The lowest BCUT2D eigenvalue weighted by atomic mass is 10.2. The van der Waals surface area contributed by atoms with Crippen LogP contribution in [0.25, 0.3) is 0 Å². The van der Waals surface area contributed by atoms with Gasteiger partial charge in [-0.3, -0.25) is 0 Å². The molecule has 0 aliphatic rings. The van der Waals surface area contributed by atoms with Crippen LogP contribution in [0.3, 0.4) is 0 Å². The van der Waals surface area contributed by atoms with E-state index < -0.39 is 42.2 Å². The highest BCUT2D eigenvalue weighted by molar-refractivity contribution is 6.33. The molecule has 314 valence electrons. The number of furan rings is 2. The molecular formula is C42H44ClFN2O13. The molecule has 2 aromatic heterocycles. The minimum atomic E-state index is -1.09. The third-order valence-electron chi connectivity index (χ3n) is 7.68. The van der Waals surface area contributed by atoms with Crippen LogP contribution in [0, 0.1) is 19.7 Å². The number of hydrogen-bond donors (Lipinski definition) is 2. The van der Waals surface area contributed by atoms with E-state index in [2.05, 4.69) is 10.6 Å². The van der Waals surface area contributed by atoms with Crippen LogP contribution in [0.1, 0.15) is 62.8 Å². The van der Waals surface area contributed by atoms with Crippen LogP contribution in [0.4, 0.5) is 25.4 Å². The number of para-hydroxylation sites is 1. The molecule has 0 aliphatic carbocycles.